The van der Waals surface area contributed by atoms with Gasteiger partial charge in [0.05, 0.1) is 41.6 Å². The highest BCUT2D eigenvalue weighted by atomic mass is 19.1. The fourth-order valence-electron chi connectivity index (χ4n) is 4.53. The van der Waals surface area contributed by atoms with Crippen molar-refractivity contribution in [1.29, 1.82) is 5.26 Å². The minimum atomic E-state index is -0.691. The molecule has 1 aromatic carbocycles. The van der Waals surface area contributed by atoms with Crippen LogP contribution in [-0.2, 0) is 4.74 Å². The molecule has 1 N–H and O–H groups in total. The number of rotatable bonds is 3. The molecule has 0 aliphatic carbocycles. The highest BCUT2D eigenvalue weighted by Crippen LogP contribution is 2.33. The van der Waals surface area contributed by atoms with Crippen LogP contribution in [0.15, 0.2) is 30.5 Å². The third-order valence-electron chi connectivity index (χ3n) is 6.10. The number of fused-ring (bicyclic) bond motifs is 2. The maximum Gasteiger partial charge on any atom is 0.207 e. The van der Waals surface area contributed by atoms with E-state index in [2.05, 4.69) is 26.3 Å². The first-order chi connectivity index (χ1) is 15.0. The summed E-state index contributed by atoms with van der Waals surface area (Å²) in [4.78, 5) is 11.1. The molecule has 2 aliphatic heterocycles. The van der Waals surface area contributed by atoms with Crippen LogP contribution in [-0.4, -0.2) is 52.9 Å². The Morgan fingerprint density at radius 2 is 2.19 bits per heavy atom. The lowest BCUT2D eigenvalue weighted by Gasteiger charge is -2.42. The van der Waals surface area contributed by atoms with E-state index in [4.69, 9.17) is 10.00 Å². The zero-order valence-electron chi connectivity index (χ0n) is 17.1. The summed E-state index contributed by atoms with van der Waals surface area (Å²) in [5.41, 5.74) is 1.64. The molecule has 3 aromatic rings. The summed E-state index contributed by atoms with van der Waals surface area (Å²) in [6.07, 6.45) is 2.47. The topological polar surface area (TPSA) is 79.0 Å². The number of aromatic nitrogens is 3. The Kier molecular flexibility index (Phi) is 5.04. The number of nitrogens with zero attached hydrogens (tertiary/aromatic N) is 5. The third kappa shape index (κ3) is 3.52. The maximum absolute atomic E-state index is 14.6. The number of hydrogen-bond donors (Lipinski definition) is 1. The summed E-state index contributed by atoms with van der Waals surface area (Å²) >= 11 is 0. The fraction of sp³-hybridized carbons (Fsp3) is 0.409. The van der Waals surface area contributed by atoms with Crippen LogP contribution in [0.3, 0.4) is 0 Å². The van der Waals surface area contributed by atoms with E-state index in [1.807, 2.05) is 11.5 Å². The first-order valence-electron chi connectivity index (χ1n) is 10.4. The monoisotopic (exact) mass is 424 g/mol. The number of imidazole rings is 1. The van der Waals surface area contributed by atoms with Crippen molar-refractivity contribution >= 4 is 17.0 Å². The van der Waals surface area contributed by atoms with Crippen molar-refractivity contribution in [1.82, 2.24) is 19.9 Å². The Balaban J connectivity index is 1.60. The summed E-state index contributed by atoms with van der Waals surface area (Å²) in [6, 6.07) is 7.48. The van der Waals surface area contributed by atoms with Crippen molar-refractivity contribution in [2.75, 3.05) is 31.1 Å². The molecule has 2 saturated heterocycles. The Bertz CT molecular complexity index is 1160. The van der Waals surface area contributed by atoms with Gasteiger partial charge in [-0.1, -0.05) is 0 Å². The molecule has 0 unspecified atom stereocenters. The van der Waals surface area contributed by atoms with Gasteiger partial charge in [-0.25, -0.2) is 13.8 Å². The number of morpholine rings is 1. The summed E-state index contributed by atoms with van der Waals surface area (Å²) in [6.45, 7) is 4.76. The van der Waals surface area contributed by atoms with Gasteiger partial charge < -0.3 is 19.5 Å². The number of piperidine rings is 1. The van der Waals surface area contributed by atoms with E-state index in [1.165, 1.54) is 12.3 Å². The van der Waals surface area contributed by atoms with Crippen LogP contribution in [0.4, 0.5) is 14.7 Å². The SMILES string of the molecule is C[C@@H](c1ccc(C#N)cn1)n1c(N2CC[C@@H]3OCCN[C@H]3C2)nc2c(F)cc(F)cc21. The molecule has 7 nitrogen and oxygen atoms in total. The Hall–Kier alpha value is -3.09. The highest BCUT2D eigenvalue weighted by molar-refractivity contribution is 5.80. The largest absolute Gasteiger partial charge is 0.375 e. The second kappa shape index (κ2) is 7.87. The average Bonchev–Trinajstić information content (AvgIpc) is 3.18. The molecule has 0 radical (unpaired) electrons. The lowest BCUT2D eigenvalue weighted by atomic mass is 10.0. The van der Waals surface area contributed by atoms with Crippen LogP contribution in [0.25, 0.3) is 11.0 Å². The number of ether oxygens (including phenoxy) is 1. The minimum absolute atomic E-state index is 0.131. The molecule has 0 amide bonds. The van der Waals surface area contributed by atoms with E-state index in [0.29, 0.717) is 42.4 Å². The van der Waals surface area contributed by atoms with Crippen LogP contribution in [0.1, 0.15) is 30.6 Å². The van der Waals surface area contributed by atoms with Gasteiger partial charge >= 0.3 is 0 Å². The van der Waals surface area contributed by atoms with Crippen molar-refractivity contribution in [2.45, 2.75) is 31.5 Å². The molecular formula is C22H22F2N6O. The van der Waals surface area contributed by atoms with Gasteiger partial charge in [0.1, 0.15) is 17.4 Å². The molecule has 2 aliphatic rings. The van der Waals surface area contributed by atoms with Crippen LogP contribution < -0.4 is 10.2 Å². The van der Waals surface area contributed by atoms with E-state index < -0.39 is 11.6 Å². The molecule has 2 aromatic heterocycles. The van der Waals surface area contributed by atoms with Crippen LogP contribution in [0.5, 0.6) is 0 Å². The Labute approximate surface area is 178 Å². The van der Waals surface area contributed by atoms with Crippen molar-refractivity contribution in [3.05, 3.63) is 53.4 Å². The molecule has 4 heterocycles. The normalized spacial score (nSPS) is 22.2. The summed E-state index contributed by atoms with van der Waals surface area (Å²) in [5, 5.41) is 12.5. The van der Waals surface area contributed by atoms with Gasteiger partial charge in [0.15, 0.2) is 5.82 Å². The molecular weight excluding hydrogens is 402 g/mol. The Morgan fingerprint density at radius 3 is 2.97 bits per heavy atom. The van der Waals surface area contributed by atoms with Gasteiger partial charge in [0, 0.05) is 38.0 Å². The summed E-state index contributed by atoms with van der Waals surface area (Å²) < 4.78 is 36.5. The molecule has 0 spiro atoms. The second-order valence-electron chi connectivity index (χ2n) is 8.00. The second-order valence-corrected chi connectivity index (χ2v) is 8.00. The van der Waals surface area contributed by atoms with Gasteiger partial charge in [0.25, 0.3) is 0 Å². The van der Waals surface area contributed by atoms with Crippen LogP contribution in [0, 0.1) is 23.0 Å². The molecule has 160 valence electrons. The van der Waals surface area contributed by atoms with Crippen molar-refractivity contribution in [3.8, 4) is 6.07 Å². The first kappa shape index (κ1) is 19.8. The van der Waals surface area contributed by atoms with Crippen molar-refractivity contribution < 1.29 is 13.5 Å². The lowest BCUT2D eigenvalue weighted by Crippen LogP contribution is -2.58. The van der Waals surface area contributed by atoms with E-state index >= 15 is 0 Å². The quantitative estimate of drug-likeness (QED) is 0.697. The number of hydrogen-bond acceptors (Lipinski definition) is 6. The molecule has 2 fully saturated rings. The highest BCUT2D eigenvalue weighted by Gasteiger charge is 2.35. The number of nitrogens with one attached hydrogen (secondary N) is 1. The number of benzene rings is 1. The fourth-order valence-corrected chi connectivity index (χ4v) is 4.53. The lowest BCUT2D eigenvalue weighted by molar-refractivity contribution is -0.0137. The minimum Gasteiger partial charge on any atom is -0.375 e. The third-order valence-corrected chi connectivity index (χ3v) is 6.10. The smallest absolute Gasteiger partial charge is 0.207 e. The van der Waals surface area contributed by atoms with Crippen molar-refractivity contribution in [3.63, 3.8) is 0 Å². The first-order valence-corrected chi connectivity index (χ1v) is 10.4. The number of pyridine rings is 1. The van der Waals surface area contributed by atoms with Crippen molar-refractivity contribution in [2.24, 2.45) is 0 Å². The van der Waals surface area contributed by atoms with E-state index in [0.717, 1.165) is 19.0 Å². The number of nitriles is 1. The average molecular weight is 424 g/mol. The van der Waals surface area contributed by atoms with Gasteiger partial charge in [-0.15, -0.1) is 0 Å². The van der Waals surface area contributed by atoms with E-state index in [9.17, 15) is 8.78 Å². The zero-order valence-corrected chi connectivity index (χ0v) is 17.1. The van der Waals surface area contributed by atoms with Gasteiger partial charge in [-0.3, -0.25) is 4.98 Å². The standard InChI is InChI=1S/C22H22F2N6O/c1-13(17-3-2-14(10-25)11-27-17)30-19-9-15(23)8-16(24)21(19)28-22(30)29-6-4-20-18(12-29)26-5-7-31-20/h2-3,8-9,11,13,18,20,26H,4-7,12H2,1H3/t13-,18-,20-/m0/s1. The molecule has 0 saturated carbocycles. The summed E-state index contributed by atoms with van der Waals surface area (Å²) in [7, 11) is 0. The molecule has 5 rings (SSSR count). The van der Waals surface area contributed by atoms with E-state index in [1.54, 1.807) is 12.1 Å². The van der Waals surface area contributed by atoms with Gasteiger partial charge in [0.2, 0.25) is 5.95 Å². The predicted molar refractivity (Wildman–Crippen MR) is 111 cm³/mol. The molecule has 3 atom stereocenters. The molecule has 31 heavy (non-hydrogen) atoms. The molecule has 0 bridgehead atoms. The summed E-state index contributed by atoms with van der Waals surface area (Å²) in [5.74, 6) is -0.772. The van der Waals surface area contributed by atoms with Gasteiger partial charge in [-0.05, 0) is 25.5 Å². The Morgan fingerprint density at radius 1 is 1.32 bits per heavy atom. The predicted octanol–water partition coefficient (Wildman–Crippen LogP) is 2.76. The number of halogens is 2. The van der Waals surface area contributed by atoms with E-state index in [-0.39, 0.29) is 23.7 Å². The maximum atomic E-state index is 14.6. The van der Waals surface area contributed by atoms with Crippen LogP contribution in [0.2, 0.25) is 0 Å². The zero-order chi connectivity index (χ0) is 21.5. The van der Waals surface area contributed by atoms with Crippen LogP contribution >= 0.6 is 0 Å². The van der Waals surface area contributed by atoms with Gasteiger partial charge in [-0.2, -0.15) is 5.26 Å². The molecule has 9 heteroatoms. The number of anilines is 1.